The lowest BCUT2D eigenvalue weighted by atomic mass is 9.64. The minimum absolute atomic E-state index is 0.185. The Balaban J connectivity index is 1.76. The highest BCUT2D eigenvalue weighted by atomic mass is 79.9. The summed E-state index contributed by atoms with van der Waals surface area (Å²) in [6.45, 7) is 7.43. The number of anilines is 1. The van der Waals surface area contributed by atoms with Gasteiger partial charge in [-0.05, 0) is 48.4 Å². The zero-order valence-corrected chi connectivity index (χ0v) is 14.4. The molecule has 0 saturated heterocycles. The smallest absolute Gasteiger partial charge is 0.0665 e. The summed E-state index contributed by atoms with van der Waals surface area (Å²) in [6.07, 6.45) is 1.45. The molecule has 1 aliphatic carbocycles. The maximum atomic E-state index is 5.80. The molecule has 1 N–H and O–H groups in total. The minimum atomic E-state index is 0.185. The van der Waals surface area contributed by atoms with Crippen LogP contribution in [0.15, 0.2) is 40.9 Å². The first-order chi connectivity index (χ1) is 10.0. The highest BCUT2D eigenvalue weighted by Crippen LogP contribution is 2.44. The summed E-state index contributed by atoms with van der Waals surface area (Å²) >= 11 is 3.52. The topological polar surface area (TPSA) is 21.3 Å². The van der Waals surface area contributed by atoms with Crippen molar-refractivity contribution in [3.63, 3.8) is 0 Å². The molecule has 2 aromatic carbocycles. The monoisotopic (exact) mass is 347 g/mol. The van der Waals surface area contributed by atoms with Crippen LogP contribution in [0.5, 0.6) is 0 Å². The van der Waals surface area contributed by atoms with Crippen LogP contribution in [-0.4, -0.2) is 18.8 Å². The molecule has 3 rings (SSSR count). The number of rotatable bonds is 4. The summed E-state index contributed by atoms with van der Waals surface area (Å²) < 4.78 is 6.92. The van der Waals surface area contributed by atoms with E-state index in [-0.39, 0.29) is 5.41 Å². The van der Waals surface area contributed by atoms with Crippen LogP contribution < -0.4 is 5.32 Å². The number of hydrogen-bond donors (Lipinski definition) is 1. The Kier molecular flexibility index (Phi) is 3.98. The van der Waals surface area contributed by atoms with Crippen LogP contribution in [0.3, 0.4) is 0 Å². The van der Waals surface area contributed by atoms with E-state index in [2.05, 4.69) is 78.4 Å². The first-order valence-corrected chi connectivity index (χ1v) is 8.37. The number of ether oxygens (including phenoxy) is 1. The van der Waals surface area contributed by atoms with Crippen LogP contribution in [0, 0.1) is 5.41 Å². The fraction of sp³-hybridized carbons (Fsp3) is 0.444. The van der Waals surface area contributed by atoms with Crippen LogP contribution in [-0.2, 0) is 4.74 Å². The van der Waals surface area contributed by atoms with Crippen LogP contribution in [0.1, 0.15) is 27.2 Å². The zero-order chi connectivity index (χ0) is 15.0. The summed E-state index contributed by atoms with van der Waals surface area (Å²) in [6, 6.07) is 13.4. The normalized spacial score (nSPS) is 23.8. The van der Waals surface area contributed by atoms with Gasteiger partial charge in [-0.25, -0.2) is 0 Å². The van der Waals surface area contributed by atoms with Gasteiger partial charge in [0, 0.05) is 28.2 Å². The lowest BCUT2D eigenvalue weighted by molar-refractivity contribution is -0.0975. The van der Waals surface area contributed by atoms with E-state index >= 15 is 0 Å². The third kappa shape index (κ3) is 2.82. The molecule has 0 amide bonds. The first-order valence-electron chi connectivity index (χ1n) is 7.58. The first kappa shape index (κ1) is 14.9. The highest BCUT2D eigenvalue weighted by Gasteiger charge is 2.48. The maximum absolute atomic E-state index is 5.80. The van der Waals surface area contributed by atoms with Crippen LogP contribution >= 0.6 is 15.9 Å². The van der Waals surface area contributed by atoms with E-state index in [1.54, 1.807) is 0 Å². The molecule has 3 heteroatoms. The Labute approximate surface area is 135 Å². The lowest BCUT2D eigenvalue weighted by Gasteiger charge is -2.52. The predicted molar refractivity (Wildman–Crippen MR) is 92.9 cm³/mol. The molecule has 2 unspecified atom stereocenters. The quantitative estimate of drug-likeness (QED) is 0.818. The van der Waals surface area contributed by atoms with E-state index in [9.17, 15) is 0 Å². The molecule has 2 atom stereocenters. The van der Waals surface area contributed by atoms with Gasteiger partial charge in [-0.15, -0.1) is 0 Å². The molecular formula is C18H22BrNO. The van der Waals surface area contributed by atoms with E-state index < -0.39 is 0 Å². The number of hydrogen-bond acceptors (Lipinski definition) is 2. The summed E-state index contributed by atoms with van der Waals surface area (Å²) in [5.74, 6) is 0. The summed E-state index contributed by atoms with van der Waals surface area (Å²) in [4.78, 5) is 0. The van der Waals surface area contributed by atoms with Gasteiger partial charge in [-0.3, -0.25) is 0 Å². The third-order valence-electron chi connectivity index (χ3n) is 4.69. The van der Waals surface area contributed by atoms with Crippen LogP contribution in [0.25, 0.3) is 10.8 Å². The van der Waals surface area contributed by atoms with Crippen molar-refractivity contribution in [2.45, 2.75) is 39.3 Å². The number of nitrogens with one attached hydrogen (secondary N) is 1. The van der Waals surface area contributed by atoms with E-state index in [1.165, 1.54) is 16.5 Å². The van der Waals surface area contributed by atoms with Gasteiger partial charge in [-0.1, -0.05) is 41.9 Å². The molecule has 21 heavy (non-hydrogen) atoms. The van der Waals surface area contributed by atoms with Gasteiger partial charge in [-0.2, -0.15) is 0 Å². The van der Waals surface area contributed by atoms with Gasteiger partial charge in [0.05, 0.1) is 6.10 Å². The average molecular weight is 348 g/mol. The summed E-state index contributed by atoms with van der Waals surface area (Å²) in [5, 5.41) is 6.20. The lowest BCUT2D eigenvalue weighted by Crippen LogP contribution is -2.58. The molecule has 1 aliphatic rings. The SMILES string of the molecule is CCOC1CC(Nc2ccc3cc(Br)ccc3c2)C1(C)C. The number of halogens is 1. The van der Waals surface area contributed by atoms with Crippen molar-refractivity contribution in [3.8, 4) is 0 Å². The van der Waals surface area contributed by atoms with Crippen molar-refractivity contribution < 1.29 is 4.74 Å². The van der Waals surface area contributed by atoms with E-state index in [1.807, 2.05) is 0 Å². The zero-order valence-electron chi connectivity index (χ0n) is 12.8. The van der Waals surface area contributed by atoms with Crippen molar-refractivity contribution in [1.29, 1.82) is 0 Å². The molecule has 0 heterocycles. The fourth-order valence-corrected chi connectivity index (χ4v) is 3.50. The second-order valence-electron chi connectivity index (χ2n) is 6.40. The van der Waals surface area contributed by atoms with E-state index in [4.69, 9.17) is 4.74 Å². The number of benzene rings is 2. The average Bonchev–Trinajstić information content (AvgIpc) is 2.46. The molecule has 0 bridgehead atoms. The molecule has 0 aliphatic heterocycles. The summed E-state index contributed by atoms with van der Waals surface area (Å²) in [7, 11) is 0. The second kappa shape index (κ2) is 5.62. The number of fused-ring (bicyclic) bond motifs is 1. The van der Waals surface area contributed by atoms with Crippen molar-refractivity contribution in [1.82, 2.24) is 0 Å². The molecule has 1 saturated carbocycles. The minimum Gasteiger partial charge on any atom is -0.382 e. The third-order valence-corrected chi connectivity index (χ3v) is 5.18. The van der Waals surface area contributed by atoms with Crippen molar-refractivity contribution in [2.24, 2.45) is 5.41 Å². The molecule has 1 fully saturated rings. The van der Waals surface area contributed by atoms with Crippen molar-refractivity contribution >= 4 is 32.4 Å². The Hall–Kier alpha value is -1.06. The van der Waals surface area contributed by atoms with Crippen molar-refractivity contribution in [2.75, 3.05) is 11.9 Å². The molecule has 2 nitrogen and oxygen atoms in total. The Morgan fingerprint density at radius 1 is 1.19 bits per heavy atom. The van der Waals surface area contributed by atoms with Gasteiger partial charge < -0.3 is 10.1 Å². The summed E-state index contributed by atoms with van der Waals surface area (Å²) in [5.41, 5.74) is 1.38. The molecule has 0 aromatic heterocycles. The van der Waals surface area contributed by atoms with Gasteiger partial charge in [0.25, 0.3) is 0 Å². The Bertz CT molecular complexity index is 653. The largest absolute Gasteiger partial charge is 0.382 e. The van der Waals surface area contributed by atoms with Crippen LogP contribution in [0.2, 0.25) is 0 Å². The van der Waals surface area contributed by atoms with Gasteiger partial charge in [0.2, 0.25) is 0 Å². The second-order valence-corrected chi connectivity index (χ2v) is 7.32. The van der Waals surface area contributed by atoms with Crippen LogP contribution in [0.4, 0.5) is 5.69 Å². The highest BCUT2D eigenvalue weighted by molar-refractivity contribution is 9.10. The molecule has 112 valence electrons. The van der Waals surface area contributed by atoms with E-state index in [0.29, 0.717) is 12.1 Å². The maximum Gasteiger partial charge on any atom is 0.0665 e. The molecule has 2 aromatic rings. The molecule has 0 radical (unpaired) electrons. The predicted octanol–water partition coefficient (Wildman–Crippen LogP) is 5.22. The van der Waals surface area contributed by atoms with Gasteiger partial charge in [0.15, 0.2) is 0 Å². The molecule has 0 spiro atoms. The molecular weight excluding hydrogens is 326 g/mol. The Morgan fingerprint density at radius 3 is 2.62 bits per heavy atom. The van der Waals surface area contributed by atoms with E-state index in [0.717, 1.165) is 17.5 Å². The fourth-order valence-electron chi connectivity index (χ4n) is 3.12. The Morgan fingerprint density at radius 2 is 1.90 bits per heavy atom. The van der Waals surface area contributed by atoms with Gasteiger partial charge >= 0.3 is 0 Å². The van der Waals surface area contributed by atoms with Gasteiger partial charge in [0.1, 0.15) is 0 Å². The van der Waals surface area contributed by atoms with Crippen molar-refractivity contribution in [3.05, 3.63) is 40.9 Å². The standard InChI is InChI=1S/C18H22BrNO/c1-4-21-17-11-16(18(17,2)3)20-15-8-6-12-9-14(19)7-5-13(12)10-15/h5-10,16-17,20H,4,11H2,1-3H3.